The Balaban J connectivity index is 1.96. The summed E-state index contributed by atoms with van der Waals surface area (Å²) in [7, 11) is 1.28. The van der Waals surface area contributed by atoms with Gasteiger partial charge in [-0.05, 0) is 42.2 Å². The van der Waals surface area contributed by atoms with E-state index >= 15 is 0 Å². The van der Waals surface area contributed by atoms with E-state index < -0.39 is 23.6 Å². The molecule has 0 spiro atoms. The molecule has 5 nitrogen and oxygen atoms in total. The Morgan fingerprint density at radius 3 is 2.18 bits per heavy atom. The Kier molecular flexibility index (Phi) is 7.03. The second-order valence-electron chi connectivity index (χ2n) is 6.13. The molecule has 0 heterocycles. The maximum atomic E-state index is 12.9. The lowest BCUT2D eigenvalue weighted by atomic mass is 10.1. The second kappa shape index (κ2) is 9.25. The van der Waals surface area contributed by atoms with Crippen molar-refractivity contribution in [2.75, 3.05) is 13.7 Å². The smallest absolute Gasteiger partial charge is 0.416 e. The van der Waals surface area contributed by atoms with E-state index in [1.807, 2.05) is 24.3 Å². The van der Waals surface area contributed by atoms with Gasteiger partial charge in [0.15, 0.2) is 0 Å². The van der Waals surface area contributed by atoms with Crippen molar-refractivity contribution in [1.29, 1.82) is 0 Å². The first-order valence-electron chi connectivity index (χ1n) is 8.53. The predicted molar refractivity (Wildman–Crippen MR) is 96.4 cm³/mol. The van der Waals surface area contributed by atoms with Gasteiger partial charge in [0.1, 0.15) is 5.75 Å². The van der Waals surface area contributed by atoms with E-state index in [1.54, 1.807) is 0 Å². The molecule has 1 amide bonds. The SMILES string of the molecule is COc1ccc(C(F)(F)F)cc1C(=O)NCCc1ccc(CCC(=O)O)cc1. The van der Waals surface area contributed by atoms with Gasteiger partial charge in [-0.25, -0.2) is 0 Å². The van der Waals surface area contributed by atoms with Crippen molar-refractivity contribution >= 4 is 11.9 Å². The number of carboxylic acids is 1. The summed E-state index contributed by atoms with van der Waals surface area (Å²) < 4.78 is 43.6. The summed E-state index contributed by atoms with van der Waals surface area (Å²) in [6.07, 6.45) is -3.59. The van der Waals surface area contributed by atoms with Gasteiger partial charge in [0.25, 0.3) is 5.91 Å². The van der Waals surface area contributed by atoms with Gasteiger partial charge in [-0.1, -0.05) is 24.3 Å². The van der Waals surface area contributed by atoms with E-state index in [2.05, 4.69) is 5.32 Å². The van der Waals surface area contributed by atoms with Crippen molar-refractivity contribution in [1.82, 2.24) is 5.32 Å². The summed E-state index contributed by atoms with van der Waals surface area (Å²) in [4.78, 5) is 22.9. The molecule has 0 saturated carbocycles. The number of hydrogen-bond acceptors (Lipinski definition) is 3. The van der Waals surface area contributed by atoms with Crippen LogP contribution in [0.15, 0.2) is 42.5 Å². The highest BCUT2D eigenvalue weighted by atomic mass is 19.4. The molecule has 0 radical (unpaired) electrons. The third-order valence-electron chi connectivity index (χ3n) is 4.12. The van der Waals surface area contributed by atoms with E-state index in [-0.39, 0.29) is 24.3 Å². The van der Waals surface area contributed by atoms with E-state index in [4.69, 9.17) is 9.84 Å². The molecule has 2 aromatic carbocycles. The largest absolute Gasteiger partial charge is 0.496 e. The zero-order chi connectivity index (χ0) is 20.7. The minimum atomic E-state index is -4.55. The molecule has 2 aromatic rings. The maximum Gasteiger partial charge on any atom is 0.416 e. The van der Waals surface area contributed by atoms with Crippen LogP contribution < -0.4 is 10.1 Å². The molecule has 0 unspecified atom stereocenters. The van der Waals surface area contributed by atoms with Crippen LogP contribution in [0.3, 0.4) is 0 Å². The standard InChI is InChI=1S/C20H20F3NO4/c1-28-17-8-7-15(20(21,22)23)12-16(17)19(27)24-11-10-14-4-2-13(3-5-14)6-9-18(25)26/h2-5,7-8,12H,6,9-11H2,1H3,(H,24,27)(H,25,26). The summed E-state index contributed by atoms with van der Waals surface area (Å²) in [5.41, 5.74) is 0.705. The van der Waals surface area contributed by atoms with Gasteiger partial charge in [0, 0.05) is 13.0 Å². The molecule has 0 aromatic heterocycles. The van der Waals surface area contributed by atoms with Gasteiger partial charge in [0.05, 0.1) is 18.2 Å². The molecule has 8 heteroatoms. The number of carbonyl (C=O) groups is 2. The number of halogens is 3. The summed E-state index contributed by atoms with van der Waals surface area (Å²) >= 11 is 0. The quantitative estimate of drug-likeness (QED) is 0.715. The number of amides is 1. The third-order valence-corrected chi connectivity index (χ3v) is 4.12. The minimum absolute atomic E-state index is 0.0498. The number of alkyl halides is 3. The first-order valence-corrected chi connectivity index (χ1v) is 8.53. The molecule has 0 aliphatic carbocycles. The van der Waals surface area contributed by atoms with Crippen molar-refractivity contribution in [3.05, 3.63) is 64.7 Å². The zero-order valence-corrected chi connectivity index (χ0v) is 15.2. The molecule has 0 fully saturated rings. The number of methoxy groups -OCH3 is 1. The molecular weight excluding hydrogens is 375 g/mol. The number of benzene rings is 2. The number of rotatable bonds is 8. The van der Waals surface area contributed by atoms with E-state index in [0.29, 0.717) is 12.8 Å². The van der Waals surface area contributed by atoms with Gasteiger partial charge in [-0.15, -0.1) is 0 Å². The maximum absolute atomic E-state index is 12.9. The van der Waals surface area contributed by atoms with Gasteiger partial charge in [-0.3, -0.25) is 9.59 Å². The average Bonchev–Trinajstić information content (AvgIpc) is 2.66. The number of carboxylic acid groups (broad SMARTS) is 1. The van der Waals surface area contributed by atoms with Crippen LogP contribution in [-0.2, 0) is 23.8 Å². The highest BCUT2D eigenvalue weighted by Crippen LogP contribution is 2.32. The van der Waals surface area contributed by atoms with Crippen molar-refractivity contribution < 1.29 is 32.6 Å². The highest BCUT2D eigenvalue weighted by Gasteiger charge is 2.32. The fourth-order valence-electron chi connectivity index (χ4n) is 2.60. The van der Waals surface area contributed by atoms with Gasteiger partial charge in [0.2, 0.25) is 0 Å². The van der Waals surface area contributed by atoms with Crippen molar-refractivity contribution in [2.24, 2.45) is 0 Å². The number of aryl methyl sites for hydroxylation is 1. The molecule has 0 aliphatic heterocycles. The molecule has 2 N–H and O–H groups in total. The van der Waals surface area contributed by atoms with Crippen LogP contribution in [0.5, 0.6) is 5.75 Å². The van der Waals surface area contributed by atoms with Crippen LogP contribution in [-0.4, -0.2) is 30.6 Å². The minimum Gasteiger partial charge on any atom is -0.496 e. The monoisotopic (exact) mass is 395 g/mol. The van der Waals surface area contributed by atoms with Crippen LogP contribution in [0.1, 0.15) is 33.5 Å². The number of hydrogen-bond donors (Lipinski definition) is 2. The Hall–Kier alpha value is -3.03. The lowest BCUT2D eigenvalue weighted by molar-refractivity contribution is -0.138. The third kappa shape index (κ3) is 6.00. The Morgan fingerprint density at radius 1 is 1.04 bits per heavy atom. The summed E-state index contributed by atoms with van der Waals surface area (Å²) in [5, 5.41) is 11.3. The fraction of sp³-hybridized carbons (Fsp3) is 0.300. The van der Waals surface area contributed by atoms with Crippen LogP contribution in [0.4, 0.5) is 13.2 Å². The van der Waals surface area contributed by atoms with Gasteiger partial charge in [-0.2, -0.15) is 13.2 Å². The number of ether oxygens (including phenoxy) is 1. The average molecular weight is 395 g/mol. The lowest BCUT2D eigenvalue weighted by Crippen LogP contribution is -2.26. The number of nitrogens with one attached hydrogen (secondary N) is 1. The van der Waals surface area contributed by atoms with E-state index in [9.17, 15) is 22.8 Å². The van der Waals surface area contributed by atoms with E-state index in [0.717, 1.165) is 29.3 Å². The van der Waals surface area contributed by atoms with Crippen LogP contribution in [0.25, 0.3) is 0 Å². The normalized spacial score (nSPS) is 11.1. The molecule has 0 saturated heterocycles. The zero-order valence-electron chi connectivity index (χ0n) is 15.2. The molecular formula is C20H20F3NO4. The predicted octanol–water partition coefficient (Wildman–Crippen LogP) is 3.70. The first kappa shape index (κ1) is 21.3. The summed E-state index contributed by atoms with van der Waals surface area (Å²) in [6.45, 7) is 0.229. The topological polar surface area (TPSA) is 75.6 Å². The van der Waals surface area contributed by atoms with Gasteiger partial charge >= 0.3 is 12.1 Å². The van der Waals surface area contributed by atoms with Crippen molar-refractivity contribution in [3.63, 3.8) is 0 Å². The van der Waals surface area contributed by atoms with Crippen molar-refractivity contribution in [2.45, 2.75) is 25.4 Å². The number of carbonyl (C=O) groups excluding carboxylic acids is 1. The Labute approximate surface area is 160 Å². The van der Waals surface area contributed by atoms with E-state index in [1.165, 1.54) is 7.11 Å². The molecule has 28 heavy (non-hydrogen) atoms. The molecule has 0 bridgehead atoms. The fourth-order valence-corrected chi connectivity index (χ4v) is 2.60. The molecule has 150 valence electrons. The molecule has 0 atom stereocenters. The summed E-state index contributed by atoms with van der Waals surface area (Å²) in [5.74, 6) is -1.45. The Bertz CT molecular complexity index is 832. The van der Waals surface area contributed by atoms with Gasteiger partial charge < -0.3 is 15.2 Å². The highest BCUT2D eigenvalue weighted by molar-refractivity contribution is 5.97. The second-order valence-corrected chi connectivity index (χ2v) is 6.13. The molecule has 0 aliphatic rings. The summed E-state index contributed by atoms with van der Waals surface area (Å²) in [6, 6.07) is 10.0. The lowest BCUT2D eigenvalue weighted by Gasteiger charge is -2.13. The number of aliphatic carboxylic acids is 1. The van der Waals surface area contributed by atoms with Crippen LogP contribution in [0, 0.1) is 0 Å². The first-order chi connectivity index (χ1) is 13.2. The van der Waals surface area contributed by atoms with Crippen LogP contribution in [0.2, 0.25) is 0 Å². The molecule has 2 rings (SSSR count). The Morgan fingerprint density at radius 2 is 1.64 bits per heavy atom. The van der Waals surface area contributed by atoms with Crippen LogP contribution >= 0.6 is 0 Å². The van der Waals surface area contributed by atoms with Crippen molar-refractivity contribution in [3.8, 4) is 5.75 Å².